The molecule has 0 radical (unpaired) electrons. The third kappa shape index (κ3) is 3.65. The second kappa shape index (κ2) is 8.57. The van der Waals surface area contributed by atoms with Crippen molar-refractivity contribution in [2.24, 2.45) is 0 Å². The highest BCUT2D eigenvalue weighted by molar-refractivity contribution is 7.92. The van der Waals surface area contributed by atoms with Crippen LogP contribution in [0.1, 0.15) is 24.8 Å². The highest BCUT2D eigenvalue weighted by Crippen LogP contribution is 2.53. The van der Waals surface area contributed by atoms with Gasteiger partial charge in [0.1, 0.15) is 23.6 Å². The van der Waals surface area contributed by atoms with E-state index in [2.05, 4.69) is 4.74 Å². The molecule has 0 bridgehead atoms. The molecule has 2 aromatic carbocycles. The van der Waals surface area contributed by atoms with Gasteiger partial charge in [-0.05, 0) is 49.2 Å². The largest absolute Gasteiger partial charge is 0.488 e. The Morgan fingerprint density at radius 2 is 1.85 bits per heavy atom. The molecule has 2 aliphatic heterocycles. The molecular weight excluding hydrogens is 480 g/mol. The van der Waals surface area contributed by atoms with Crippen molar-refractivity contribution >= 4 is 33.3 Å². The molecule has 1 saturated heterocycles. The van der Waals surface area contributed by atoms with Crippen molar-refractivity contribution in [3.8, 4) is 5.75 Å². The standard InChI is InChI=1S/C22H20ClF2NO6S/c1-31-19(28)11-18(27)26-10-2-9-22(33(29,30)14-5-3-13(23)4-6-14)17(26)12-32-21-16(25)8-7-15(24)20(21)22/h3-8,17H,2,9-12H2,1H3/t17-,22+/m0/s1. The Bertz CT molecular complexity index is 1220. The highest BCUT2D eigenvalue weighted by atomic mass is 35.5. The minimum absolute atomic E-state index is 0.0820. The van der Waals surface area contributed by atoms with E-state index in [0.29, 0.717) is 5.02 Å². The molecule has 0 N–H and O–H groups in total. The van der Waals surface area contributed by atoms with Crippen molar-refractivity contribution in [3.63, 3.8) is 0 Å². The van der Waals surface area contributed by atoms with Crippen molar-refractivity contribution in [1.29, 1.82) is 0 Å². The predicted molar refractivity (Wildman–Crippen MR) is 114 cm³/mol. The summed E-state index contributed by atoms with van der Waals surface area (Å²) in [6, 6.07) is 5.83. The molecular formula is C22H20ClF2NO6S. The van der Waals surface area contributed by atoms with Crippen LogP contribution < -0.4 is 4.74 Å². The Labute approximate surface area is 194 Å². The minimum atomic E-state index is -4.41. The van der Waals surface area contributed by atoms with Gasteiger partial charge in [-0.3, -0.25) is 9.59 Å². The maximum absolute atomic E-state index is 15.3. The van der Waals surface area contributed by atoms with Gasteiger partial charge in [-0.25, -0.2) is 17.2 Å². The molecule has 2 aromatic rings. The molecule has 0 aliphatic carbocycles. The number of halogens is 3. The highest BCUT2D eigenvalue weighted by Gasteiger charge is 2.61. The summed E-state index contributed by atoms with van der Waals surface area (Å²) >= 11 is 5.92. The van der Waals surface area contributed by atoms with Gasteiger partial charge < -0.3 is 14.4 Å². The normalized spacial score (nSPS) is 22.1. The summed E-state index contributed by atoms with van der Waals surface area (Å²) in [6.07, 6.45) is -0.532. The fourth-order valence-electron chi connectivity index (χ4n) is 4.70. The number of nitrogens with zero attached hydrogens (tertiary/aromatic N) is 1. The van der Waals surface area contributed by atoms with Gasteiger partial charge in [0.2, 0.25) is 5.91 Å². The monoisotopic (exact) mass is 499 g/mol. The van der Waals surface area contributed by atoms with Gasteiger partial charge >= 0.3 is 5.97 Å². The van der Waals surface area contributed by atoms with Gasteiger partial charge in [0.05, 0.1) is 23.6 Å². The quantitative estimate of drug-likeness (QED) is 0.474. The van der Waals surface area contributed by atoms with Crippen LogP contribution in [-0.4, -0.2) is 51.5 Å². The zero-order valence-electron chi connectivity index (χ0n) is 17.5. The van der Waals surface area contributed by atoms with Crippen molar-refractivity contribution in [2.75, 3.05) is 20.3 Å². The van der Waals surface area contributed by atoms with Crippen LogP contribution in [0.25, 0.3) is 0 Å². The van der Waals surface area contributed by atoms with E-state index in [1.165, 1.54) is 29.2 Å². The first-order chi connectivity index (χ1) is 15.6. The molecule has 2 atom stereocenters. The van der Waals surface area contributed by atoms with Crippen LogP contribution in [0.5, 0.6) is 5.75 Å². The average molecular weight is 500 g/mol. The smallest absolute Gasteiger partial charge is 0.315 e. The number of ether oxygens (including phenoxy) is 2. The number of rotatable bonds is 4. The first-order valence-corrected chi connectivity index (χ1v) is 12.0. The molecule has 1 fully saturated rings. The molecule has 4 rings (SSSR count). The number of benzene rings is 2. The van der Waals surface area contributed by atoms with E-state index in [4.69, 9.17) is 16.3 Å². The first kappa shape index (κ1) is 23.4. The van der Waals surface area contributed by atoms with Gasteiger partial charge in [0, 0.05) is 11.6 Å². The fraction of sp³-hybridized carbons (Fsp3) is 0.364. The Kier molecular flexibility index (Phi) is 6.09. The summed E-state index contributed by atoms with van der Waals surface area (Å²) in [4.78, 5) is 25.7. The molecule has 0 aromatic heterocycles. The molecule has 0 spiro atoms. The number of likely N-dealkylation sites (tertiary alicyclic amines) is 1. The number of sulfone groups is 1. The summed E-state index contributed by atoms with van der Waals surface area (Å²) in [5.74, 6) is -3.85. The molecule has 0 unspecified atom stereocenters. The molecule has 7 nitrogen and oxygen atoms in total. The van der Waals surface area contributed by atoms with Crippen LogP contribution in [0.2, 0.25) is 5.02 Å². The lowest BCUT2D eigenvalue weighted by Crippen LogP contribution is -2.64. The van der Waals surface area contributed by atoms with Crippen LogP contribution in [0.3, 0.4) is 0 Å². The third-order valence-corrected chi connectivity index (χ3v) is 8.96. The van der Waals surface area contributed by atoms with Crippen molar-refractivity contribution in [1.82, 2.24) is 4.90 Å². The number of esters is 1. The number of hydrogen-bond acceptors (Lipinski definition) is 6. The van der Waals surface area contributed by atoms with Gasteiger partial charge in [-0.1, -0.05) is 11.6 Å². The van der Waals surface area contributed by atoms with Crippen molar-refractivity contribution in [3.05, 3.63) is 58.6 Å². The first-order valence-electron chi connectivity index (χ1n) is 10.1. The summed E-state index contributed by atoms with van der Waals surface area (Å²) in [5.41, 5.74) is -0.454. The lowest BCUT2D eigenvalue weighted by molar-refractivity contribution is -0.149. The Hall–Kier alpha value is -2.72. The van der Waals surface area contributed by atoms with Crippen LogP contribution in [0, 0.1) is 11.6 Å². The maximum atomic E-state index is 15.3. The topological polar surface area (TPSA) is 90.0 Å². The van der Waals surface area contributed by atoms with Crippen LogP contribution in [0.15, 0.2) is 41.3 Å². The number of fused-ring (bicyclic) bond motifs is 3. The Morgan fingerprint density at radius 3 is 2.52 bits per heavy atom. The predicted octanol–water partition coefficient (Wildman–Crippen LogP) is 3.23. The average Bonchev–Trinajstić information content (AvgIpc) is 2.80. The molecule has 33 heavy (non-hydrogen) atoms. The third-order valence-electron chi connectivity index (χ3n) is 6.18. The molecule has 176 valence electrons. The zero-order chi connectivity index (χ0) is 24.0. The van der Waals surface area contributed by atoms with E-state index < -0.39 is 68.5 Å². The molecule has 2 heterocycles. The maximum Gasteiger partial charge on any atom is 0.315 e. The van der Waals surface area contributed by atoms with Crippen LogP contribution >= 0.6 is 11.6 Å². The van der Waals surface area contributed by atoms with Gasteiger partial charge in [0.25, 0.3) is 0 Å². The minimum Gasteiger partial charge on any atom is -0.488 e. The number of amides is 1. The molecule has 2 aliphatic rings. The number of carbonyl (C=O) groups excluding carboxylic acids is 2. The second-order valence-electron chi connectivity index (χ2n) is 7.85. The van der Waals surface area contributed by atoms with Gasteiger partial charge in [0.15, 0.2) is 21.4 Å². The zero-order valence-corrected chi connectivity index (χ0v) is 19.1. The van der Waals surface area contributed by atoms with Crippen LogP contribution in [0.4, 0.5) is 8.78 Å². The van der Waals surface area contributed by atoms with E-state index in [9.17, 15) is 22.4 Å². The van der Waals surface area contributed by atoms with Gasteiger partial charge in [-0.15, -0.1) is 0 Å². The molecule has 1 amide bonds. The SMILES string of the molecule is COC(=O)CC(=O)N1CCC[C@]2(S(=O)(=O)c3ccc(Cl)cc3)c3c(F)ccc(F)c3OC[C@H]12. The Morgan fingerprint density at radius 1 is 1.18 bits per heavy atom. The van der Waals surface area contributed by atoms with E-state index in [-0.39, 0.29) is 24.3 Å². The van der Waals surface area contributed by atoms with E-state index in [1.807, 2.05) is 0 Å². The van der Waals surface area contributed by atoms with Crippen molar-refractivity contribution in [2.45, 2.75) is 34.9 Å². The lowest BCUT2D eigenvalue weighted by atomic mass is 9.80. The van der Waals surface area contributed by atoms with E-state index in [0.717, 1.165) is 19.2 Å². The lowest BCUT2D eigenvalue weighted by Gasteiger charge is -2.51. The number of methoxy groups -OCH3 is 1. The van der Waals surface area contributed by atoms with E-state index >= 15 is 4.39 Å². The summed E-state index contributed by atoms with van der Waals surface area (Å²) in [7, 11) is -3.28. The Balaban J connectivity index is 1.96. The van der Waals surface area contributed by atoms with E-state index in [1.54, 1.807) is 0 Å². The number of piperidine rings is 1. The summed E-state index contributed by atoms with van der Waals surface area (Å²) in [5, 5.41) is 0.297. The summed E-state index contributed by atoms with van der Waals surface area (Å²) < 4.78 is 66.1. The summed E-state index contributed by atoms with van der Waals surface area (Å²) in [6.45, 7) is -0.277. The second-order valence-corrected chi connectivity index (χ2v) is 10.5. The molecule has 0 saturated carbocycles. The van der Waals surface area contributed by atoms with Gasteiger partial charge in [-0.2, -0.15) is 0 Å². The van der Waals surface area contributed by atoms with Crippen molar-refractivity contribution < 1.29 is 36.3 Å². The van der Waals surface area contributed by atoms with Crippen LogP contribution in [-0.2, 0) is 28.9 Å². The fourth-order valence-corrected chi connectivity index (χ4v) is 7.17. The number of carbonyl (C=O) groups is 2. The molecule has 11 heteroatoms. The number of hydrogen-bond donors (Lipinski definition) is 0.